The maximum Gasteiger partial charge on any atom is 0.384 e. The van der Waals surface area contributed by atoms with Gasteiger partial charge in [0.15, 0.2) is 0 Å². The van der Waals surface area contributed by atoms with E-state index in [1.165, 1.54) is 0 Å². The van der Waals surface area contributed by atoms with E-state index in [1.807, 2.05) is 0 Å². The summed E-state index contributed by atoms with van der Waals surface area (Å²) in [7, 11) is 0. The summed E-state index contributed by atoms with van der Waals surface area (Å²) in [6, 6.07) is 0. The molecule has 0 aromatic carbocycles. The molecule has 13 heteroatoms. The summed E-state index contributed by atoms with van der Waals surface area (Å²) in [5, 5.41) is 16.1. The minimum absolute atomic E-state index is 2.29. The van der Waals surface area contributed by atoms with Crippen molar-refractivity contribution in [2.75, 3.05) is 0 Å². The Morgan fingerprint density at radius 2 is 1.04 bits per heavy atom. The van der Waals surface area contributed by atoms with Gasteiger partial charge in [-0.2, -0.15) is 17.6 Å². The number of carboxylic acid groups (broad SMARTS) is 2. The van der Waals surface area contributed by atoms with E-state index in [-0.39, 0.29) is 0 Å². The largest absolute Gasteiger partial charge is 0.479 e. The summed E-state index contributed by atoms with van der Waals surface area (Å²) in [4.78, 5) is 41.7. The number of carbonyl (C=O) groups excluding carboxylic acids is 2. The molecule has 0 rings (SSSR count). The van der Waals surface area contributed by atoms with Gasteiger partial charge in [-0.3, -0.25) is 0 Å². The molecule has 0 amide bonds. The van der Waals surface area contributed by atoms with Gasteiger partial charge in [-0.25, -0.2) is 28.0 Å². The molecule has 0 radical (unpaired) electrons. The van der Waals surface area contributed by atoms with E-state index >= 15 is 0 Å². The molecule has 0 heterocycles. The molecule has 0 bridgehead atoms. The normalized spacial score (nSPS) is 14.7. The number of ether oxygens (including phenoxy) is 1. The van der Waals surface area contributed by atoms with Crippen molar-refractivity contribution in [3.05, 3.63) is 0 Å². The second kappa shape index (κ2) is 7.28. The van der Waals surface area contributed by atoms with Crippen molar-refractivity contribution in [3.63, 3.8) is 0 Å². The molecule has 7 nitrogen and oxygen atoms in total. The topological polar surface area (TPSA) is 118 Å². The molecule has 0 aliphatic heterocycles. The van der Waals surface area contributed by atoms with Crippen LogP contribution in [0.5, 0.6) is 0 Å². The van der Waals surface area contributed by atoms with Crippen molar-refractivity contribution in [3.8, 4) is 0 Å². The first-order valence-corrected chi connectivity index (χ1v) is 5.47. The van der Waals surface area contributed by atoms with Gasteiger partial charge in [-0.15, -0.1) is 0 Å². The second-order valence-electron chi connectivity index (χ2n) is 4.11. The summed E-state index contributed by atoms with van der Waals surface area (Å²) in [6.45, 7) is 0. The van der Waals surface area contributed by atoms with Gasteiger partial charge in [0.2, 0.25) is 12.3 Å². The van der Waals surface area contributed by atoms with Crippen LogP contribution in [0.2, 0.25) is 0 Å². The molecule has 0 aromatic heterocycles. The lowest BCUT2D eigenvalue weighted by Gasteiger charge is -2.18. The maximum absolute atomic E-state index is 13.0. The smallest absolute Gasteiger partial charge is 0.384 e. The van der Waals surface area contributed by atoms with Gasteiger partial charge in [0.25, 0.3) is 0 Å². The zero-order valence-electron chi connectivity index (χ0n) is 10.8. The molecule has 23 heavy (non-hydrogen) atoms. The van der Waals surface area contributed by atoms with E-state index in [9.17, 15) is 45.5 Å². The van der Waals surface area contributed by atoms with Crippen molar-refractivity contribution >= 4 is 23.9 Å². The monoisotopic (exact) mass is 354 g/mol. The van der Waals surface area contributed by atoms with Gasteiger partial charge < -0.3 is 14.9 Å². The Hall–Kier alpha value is -2.34. The lowest BCUT2D eigenvalue weighted by atomic mass is 10.1. The fraction of sp³-hybridized carbons (Fsp3) is 0.600. The third-order valence-electron chi connectivity index (χ3n) is 2.19. The molecule has 2 unspecified atom stereocenters. The molecular formula is C10H8F6O7. The van der Waals surface area contributed by atoms with Crippen LogP contribution >= 0.6 is 0 Å². The first-order chi connectivity index (χ1) is 10.2. The Bertz CT molecular complexity index is 462. The van der Waals surface area contributed by atoms with Gasteiger partial charge >= 0.3 is 35.7 Å². The number of halogens is 6. The van der Waals surface area contributed by atoms with E-state index < -0.39 is 60.9 Å². The zero-order valence-corrected chi connectivity index (χ0v) is 10.8. The molecule has 0 saturated carbocycles. The molecule has 0 aromatic rings. The number of aliphatic carboxylic acids is 2. The Balaban J connectivity index is 4.90. The average molecular weight is 354 g/mol. The molecule has 132 valence electrons. The number of esters is 2. The predicted molar refractivity (Wildman–Crippen MR) is 55.3 cm³/mol. The Labute approximate surface area is 122 Å². The summed E-state index contributed by atoms with van der Waals surface area (Å²) in [5.41, 5.74) is 0. The molecule has 2 atom stereocenters. The van der Waals surface area contributed by atoms with Crippen molar-refractivity contribution in [2.24, 2.45) is 0 Å². The number of hydrogen-bond donors (Lipinski definition) is 2. The van der Waals surface area contributed by atoms with Crippen LogP contribution in [0, 0.1) is 0 Å². The third-order valence-corrected chi connectivity index (χ3v) is 2.19. The summed E-state index contributed by atoms with van der Waals surface area (Å²) in [6.07, 6.45) is -11.1. The van der Waals surface area contributed by atoms with E-state index in [0.29, 0.717) is 0 Å². The number of rotatable bonds is 8. The minimum Gasteiger partial charge on any atom is -0.479 e. The van der Waals surface area contributed by atoms with E-state index in [4.69, 9.17) is 10.2 Å². The van der Waals surface area contributed by atoms with Crippen LogP contribution < -0.4 is 0 Å². The molecule has 0 fully saturated rings. The van der Waals surface area contributed by atoms with Crippen LogP contribution in [0.4, 0.5) is 26.3 Å². The molecule has 0 aliphatic rings. The first kappa shape index (κ1) is 20.7. The van der Waals surface area contributed by atoms with Crippen molar-refractivity contribution < 1.29 is 60.5 Å². The number of alkyl halides is 6. The lowest BCUT2D eigenvalue weighted by molar-refractivity contribution is -0.196. The Morgan fingerprint density at radius 3 is 1.26 bits per heavy atom. The Morgan fingerprint density at radius 1 is 0.783 bits per heavy atom. The summed E-state index contributed by atoms with van der Waals surface area (Å²) >= 11 is 0. The highest BCUT2D eigenvalue weighted by Crippen LogP contribution is 2.28. The fourth-order valence-electron chi connectivity index (χ4n) is 1.02. The van der Waals surface area contributed by atoms with Crippen molar-refractivity contribution in [2.45, 2.75) is 37.0 Å². The van der Waals surface area contributed by atoms with Crippen LogP contribution in [0.1, 0.15) is 12.8 Å². The number of carboxylic acids is 2. The quantitative estimate of drug-likeness (QED) is 0.378. The van der Waals surface area contributed by atoms with Crippen molar-refractivity contribution in [1.82, 2.24) is 0 Å². The highest BCUT2D eigenvalue weighted by molar-refractivity contribution is 5.93. The standard InChI is InChI=1S/C10H8F6O7/c11-3(5(17)18)1-9(13,14)7(21)23-8(22)10(15,16)2-4(12)6(19)20/h3-4H,1-2H2,(H,17,18)(H,19,20). The van der Waals surface area contributed by atoms with E-state index in [0.717, 1.165) is 0 Å². The predicted octanol–water partition coefficient (Wildman–Crippen LogP) is 0.952. The van der Waals surface area contributed by atoms with Crippen LogP contribution in [-0.4, -0.2) is 58.3 Å². The van der Waals surface area contributed by atoms with Gasteiger partial charge in [-0.1, -0.05) is 0 Å². The van der Waals surface area contributed by atoms with Crippen LogP contribution in [-0.2, 0) is 23.9 Å². The third kappa shape index (κ3) is 6.12. The highest BCUT2D eigenvalue weighted by Gasteiger charge is 2.51. The van der Waals surface area contributed by atoms with Crippen LogP contribution in [0.25, 0.3) is 0 Å². The number of carbonyl (C=O) groups is 4. The number of hydrogen-bond acceptors (Lipinski definition) is 5. The summed E-state index contributed by atoms with van der Waals surface area (Å²) < 4.78 is 80.3. The van der Waals surface area contributed by atoms with E-state index in [2.05, 4.69) is 4.74 Å². The lowest BCUT2D eigenvalue weighted by Crippen LogP contribution is -2.42. The van der Waals surface area contributed by atoms with Gasteiger partial charge in [0.05, 0.1) is 12.8 Å². The molecule has 2 N–H and O–H groups in total. The molecule has 0 saturated heterocycles. The average Bonchev–Trinajstić information content (AvgIpc) is 2.36. The van der Waals surface area contributed by atoms with Crippen molar-refractivity contribution in [1.29, 1.82) is 0 Å². The molecular weight excluding hydrogens is 346 g/mol. The zero-order chi connectivity index (χ0) is 18.6. The van der Waals surface area contributed by atoms with E-state index in [1.54, 1.807) is 0 Å². The maximum atomic E-state index is 13.0. The second-order valence-corrected chi connectivity index (χ2v) is 4.11. The van der Waals surface area contributed by atoms with Gasteiger partial charge in [0.1, 0.15) is 0 Å². The molecule has 0 aliphatic carbocycles. The van der Waals surface area contributed by atoms with Crippen LogP contribution in [0.15, 0.2) is 0 Å². The SMILES string of the molecule is O=C(O)C(F)CC(F)(F)C(=O)OC(=O)C(F)(F)CC(F)C(=O)O. The minimum atomic E-state index is -4.94. The fourth-order valence-corrected chi connectivity index (χ4v) is 1.02. The van der Waals surface area contributed by atoms with Gasteiger partial charge in [-0.05, 0) is 0 Å². The van der Waals surface area contributed by atoms with Gasteiger partial charge in [0, 0.05) is 0 Å². The van der Waals surface area contributed by atoms with Crippen LogP contribution in [0.3, 0.4) is 0 Å². The summed E-state index contributed by atoms with van der Waals surface area (Å²) in [5.74, 6) is -20.6. The first-order valence-electron chi connectivity index (χ1n) is 5.47. The molecule has 0 spiro atoms. The highest BCUT2D eigenvalue weighted by atomic mass is 19.3. The Kier molecular flexibility index (Phi) is 6.54.